The van der Waals surface area contributed by atoms with E-state index in [0.29, 0.717) is 10.8 Å². The molecule has 9 aromatic rings. The number of fused-ring (bicyclic) bond motifs is 14. The number of amides is 3. The summed E-state index contributed by atoms with van der Waals surface area (Å²) in [5.74, 6) is -5.23. The maximum atomic E-state index is 13.5. The van der Waals surface area contributed by atoms with Crippen molar-refractivity contribution < 1.29 is 90.0 Å². The molecular weight excluding hydrogens is 1660 g/mol. The fourth-order valence-corrected chi connectivity index (χ4v) is 20.8. The number of nitrogens with one attached hydrogen (secondary N) is 3. The molecule has 3 heterocycles. The number of benzene rings is 6. The molecule has 25 heteroatoms. The van der Waals surface area contributed by atoms with Gasteiger partial charge in [0.1, 0.15) is 38.1 Å². The predicted octanol–water partition coefficient (Wildman–Crippen LogP) is 19.9. The van der Waals surface area contributed by atoms with Crippen molar-refractivity contribution >= 4 is 136 Å². The summed E-state index contributed by atoms with van der Waals surface area (Å²) in [5, 5.41) is 23.2. The van der Waals surface area contributed by atoms with Gasteiger partial charge in [0.05, 0.1) is 78.8 Å². The zero-order chi connectivity index (χ0) is 94.0. The number of ether oxygens (including phenoxy) is 3. The van der Waals surface area contributed by atoms with Gasteiger partial charge in [-0.3, -0.25) is 71.2 Å². The lowest BCUT2D eigenvalue weighted by molar-refractivity contribution is -0.149. The average molecular weight is 1790 g/mol. The number of aromatic nitrogens is 3. The van der Waals surface area contributed by atoms with Crippen molar-refractivity contribution in [2.75, 3.05) is 34.2 Å². The van der Waals surface area contributed by atoms with Crippen LogP contribution in [-0.2, 0) is 57.4 Å². The SMILES string of the molecule is C.CC(C)CCC[C@@H](C)[C@H]1CC[C@H]2[C@@H]3CC=C4C[C@@H](O)CC[C@]4(C)[C@H]3CC[C@]12C.CC(C)OC(=O)CC(NC(=O)[C@@H](CC(=O)n1c2ccccc2c2ccccc21)C(C)C)C(=O)CF.COC(=O)CC(NC(=O)[C@@H](CC(=O)n1c2ccccc2c2ccccc21)C(C)C)C(=O)CF.COC(=O)CC(NC(=O)[C@@H](CC(=O)n1c2ccccc2c2ccccc21)C(C)C)C(=O)CF. The maximum Gasteiger partial charge on any atom is 0.308 e. The number of esters is 3. The number of halogens is 3. The fourth-order valence-electron chi connectivity index (χ4n) is 20.8. The van der Waals surface area contributed by atoms with Gasteiger partial charge in [-0.1, -0.05) is 224 Å². The minimum absolute atomic E-state index is 0. The van der Waals surface area contributed by atoms with Crippen molar-refractivity contribution in [3.63, 3.8) is 0 Å². The van der Waals surface area contributed by atoms with Crippen LogP contribution in [0.5, 0.6) is 0 Å². The predicted molar refractivity (Wildman–Crippen MR) is 503 cm³/mol. The molecule has 14 atom stereocenters. The number of hydrogen-bond donors (Lipinski definition) is 4. The summed E-state index contributed by atoms with van der Waals surface area (Å²) < 4.78 is 58.0. The topological polar surface area (TPSA) is 304 Å². The van der Waals surface area contributed by atoms with Crippen molar-refractivity contribution in [2.45, 2.75) is 237 Å². The number of carbonyl (C=O) groups is 12. The summed E-state index contributed by atoms with van der Waals surface area (Å²) in [6, 6.07) is 41.2. The molecule has 4 N–H and O–H groups in total. The van der Waals surface area contributed by atoms with Gasteiger partial charge in [0.25, 0.3) is 0 Å². The number of allylic oxidation sites excluding steroid dienone is 1. The number of nitrogens with zero attached hydrogens (tertiary/aromatic N) is 3. The number of para-hydroxylation sites is 6. The van der Waals surface area contributed by atoms with Crippen LogP contribution in [0, 0.1) is 81.8 Å². The van der Waals surface area contributed by atoms with Crippen LogP contribution in [0.3, 0.4) is 0 Å². The van der Waals surface area contributed by atoms with Crippen molar-refractivity contribution in [3.8, 4) is 0 Å². The fraction of sp³-hybridized carbons (Fsp3) is 0.524. The molecular formula is C105H135F3N6O16. The Morgan fingerprint density at radius 1 is 0.431 bits per heavy atom. The van der Waals surface area contributed by atoms with E-state index in [1.54, 1.807) is 74.7 Å². The summed E-state index contributed by atoms with van der Waals surface area (Å²) in [4.78, 5) is 151. The molecule has 0 saturated heterocycles. The van der Waals surface area contributed by atoms with Gasteiger partial charge in [-0.15, -0.1) is 0 Å². The molecule has 3 amide bonds. The molecule has 0 radical (unpaired) electrons. The zero-order valence-electron chi connectivity index (χ0n) is 77.4. The van der Waals surface area contributed by atoms with Crippen LogP contribution in [0.2, 0.25) is 0 Å². The van der Waals surface area contributed by atoms with E-state index in [0.717, 1.165) is 128 Å². The molecule has 4 aliphatic rings. The summed E-state index contributed by atoms with van der Waals surface area (Å²) in [5.41, 5.74) is 7.04. The second kappa shape index (κ2) is 46.2. The first-order valence-corrected chi connectivity index (χ1v) is 45.9. The van der Waals surface area contributed by atoms with E-state index in [4.69, 9.17) is 4.74 Å². The standard InChI is InChI=1S/C27H31FN2O5.C27H46O.2C25H27FN2O5.CH4/c1-16(2)20(27(34)29-21(24(31)15-28)14-26(33)35-17(3)4)13-25(32)30-22-11-7-5-9-18(22)19-10-6-8-12-23(19)30;1-18(2)7-6-8-19(3)23-11-12-24-22-10-9-20-17-21(28)13-15-26(20,4)25(22)14-16-27(23,24)5;2*1-15(2)18(25(32)27-19(22(29)14-26)13-24(31)33-3)12-23(30)28-20-10-6-4-8-16(20)17-9-5-7-11-21(17)28;/h5-12,16-17,20-21H,13-15H2,1-4H3,(H,29,34);9,18-19,21-25,28H,6-8,10-17H2,1-5H3;2*4-11,15,18-19H,12-14H2,1-3H3,(H,27,32);1H4/t20-,21?;19-,21+,22+,23-,24+,25+,26+,27-;2*18-,19?;/m0100./s1. The normalized spacial score (nSPS) is 20.2. The first-order valence-electron chi connectivity index (χ1n) is 45.9. The molecule has 22 nitrogen and oxygen atoms in total. The van der Waals surface area contributed by atoms with Gasteiger partial charge in [-0.05, 0) is 166 Å². The van der Waals surface area contributed by atoms with Gasteiger partial charge in [-0.2, -0.15) is 0 Å². The molecule has 0 aliphatic heterocycles. The van der Waals surface area contributed by atoms with E-state index >= 15 is 0 Å². The van der Waals surface area contributed by atoms with Crippen LogP contribution in [0.25, 0.3) is 65.4 Å². The first kappa shape index (κ1) is 103. The zero-order valence-corrected chi connectivity index (χ0v) is 77.4. The molecule has 6 aromatic carbocycles. The Balaban J connectivity index is 0.000000195. The third-order valence-electron chi connectivity index (χ3n) is 27.8. The summed E-state index contributed by atoms with van der Waals surface area (Å²) in [7, 11) is 2.28. The number of carbonyl (C=O) groups excluding carboxylic acids is 12. The Labute approximate surface area is 762 Å². The molecule has 3 fully saturated rings. The van der Waals surface area contributed by atoms with E-state index in [-0.39, 0.29) is 68.3 Å². The monoisotopic (exact) mass is 1790 g/mol. The number of Topliss-reactive ketones (excluding diaryl/α,β-unsaturated/α-hetero) is 3. The number of ketones is 3. The van der Waals surface area contributed by atoms with Gasteiger partial charge in [-0.25, -0.2) is 13.2 Å². The van der Waals surface area contributed by atoms with Crippen LogP contribution in [0.1, 0.15) is 221 Å². The van der Waals surface area contributed by atoms with E-state index in [2.05, 4.69) is 66.1 Å². The number of hydrogen-bond acceptors (Lipinski definition) is 16. The molecule has 702 valence electrons. The van der Waals surface area contributed by atoms with Crippen LogP contribution in [0.15, 0.2) is 157 Å². The Morgan fingerprint density at radius 3 is 1.07 bits per heavy atom. The summed E-state index contributed by atoms with van der Waals surface area (Å²) >= 11 is 0. The highest BCUT2D eigenvalue weighted by Gasteiger charge is 2.59. The molecule has 130 heavy (non-hydrogen) atoms. The Kier molecular flexibility index (Phi) is 36.5. The highest BCUT2D eigenvalue weighted by Crippen LogP contribution is 2.67. The summed E-state index contributed by atoms with van der Waals surface area (Å²) in [6.45, 7) is 22.6. The minimum Gasteiger partial charge on any atom is -0.469 e. The summed E-state index contributed by atoms with van der Waals surface area (Å²) in [6.07, 6.45) is 15.0. The third-order valence-corrected chi connectivity index (χ3v) is 27.8. The largest absolute Gasteiger partial charge is 0.469 e. The maximum absolute atomic E-state index is 13.5. The lowest BCUT2D eigenvalue weighted by Gasteiger charge is -2.58. The van der Waals surface area contributed by atoms with Crippen molar-refractivity contribution in [1.82, 2.24) is 29.7 Å². The van der Waals surface area contributed by atoms with E-state index in [1.807, 2.05) is 146 Å². The van der Waals surface area contributed by atoms with Crippen LogP contribution < -0.4 is 16.0 Å². The molecule has 3 aromatic heterocycles. The van der Waals surface area contributed by atoms with Gasteiger partial charge >= 0.3 is 17.9 Å². The number of aliphatic hydroxyl groups is 1. The molecule has 3 unspecified atom stereocenters. The molecule has 3 saturated carbocycles. The molecule has 13 rings (SSSR count). The smallest absolute Gasteiger partial charge is 0.308 e. The van der Waals surface area contributed by atoms with E-state index in [1.165, 1.54) is 57.8 Å². The van der Waals surface area contributed by atoms with Crippen LogP contribution in [-0.4, -0.2) is 154 Å². The van der Waals surface area contributed by atoms with E-state index < -0.39 is 134 Å². The number of rotatable bonds is 33. The second-order valence-electron chi connectivity index (χ2n) is 37.9. The van der Waals surface area contributed by atoms with Gasteiger partial charge in [0.15, 0.2) is 17.3 Å². The highest BCUT2D eigenvalue weighted by atomic mass is 19.1. The Hall–Kier alpha value is -11.0. The highest BCUT2D eigenvalue weighted by molar-refractivity contribution is 6.16. The van der Waals surface area contributed by atoms with Crippen molar-refractivity contribution in [3.05, 3.63) is 157 Å². The minimum atomic E-state index is -1.36. The van der Waals surface area contributed by atoms with Crippen molar-refractivity contribution in [1.29, 1.82) is 0 Å². The molecule has 0 bridgehead atoms. The van der Waals surface area contributed by atoms with Crippen LogP contribution in [0.4, 0.5) is 13.2 Å². The lowest BCUT2D eigenvalue weighted by Crippen LogP contribution is -2.50. The van der Waals surface area contributed by atoms with Gasteiger partial charge in [0, 0.05) is 69.3 Å². The lowest BCUT2D eigenvalue weighted by atomic mass is 9.47. The average Bonchev–Trinajstić information content (AvgIpc) is 1.40. The third kappa shape index (κ3) is 23.9. The Morgan fingerprint density at radius 2 is 0.762 bits per heavy atom. The number of aliphatic hydroxyl groups excluding tert-OH is 1. The first-order chi connectivity index (χ1) is 61.4. The number of methoxy groups -OCH3 is 2. The van der Waals surface area contributed by atoms with Gasteiger partial charge < -0.3 is 35.3 Å². The quantitative estimate of drug-likeness (QED) is 0.0169. The number of alkyl halides is 3. The van der Waals surface area contributed by atoms with Gasteiger partial charge in [0.2, 0.25) is 35.4 Å². The molecule has 0 spiro atoms. The molecule has 4 aliphatic carbocycles. The van der Waals surface area contributed by atoms with E-state index in [9.17, 15) is 75.8 Å². The van der Waals surface area contributed by atoms with Crippen molar-refractivity contribution in [2.24, 2.45) is 81.8 Å². The van der Waals surface area contributed by atoms with Crippen LogP contribution >= 0.6 is 0 Å². The second-order valence-corrected chi connectivity index (χ2v) is 37.9. The Bertz CT molecular complexity index is 5220.